The lowest BCUT2D eigenvalue weighted by molar-refractivity contribution is -0.161. The maximum absolute atomic E-state index is 12.9. The van der Waals surface area contributed by atoms with Gasteiger partial charge >= 0.3 is 33.6 Å². The van der Waals surface area contributed by atoms with Gasteiger partial charge in [0.25, 0.3) is 0 Å². The summed E-state index contributed by atoms with van der Waals surface area (Å²) in [5.74, 6) is -1.59. The molecular formula is C69H124O16P2. The first-order chi connectivity index (χ1) is 42.2. The largest absolute Gasteiger partial charge is 0.472 e. The SMILES string of the molecule is CCCCC/C=C\C/C=C\C/C=C\C/C=C\CCCCCCCCCCCC(=O)OCC(O)COP(=O)(O)OCC(O)COP(=O)(O)OCC(COC(=O)CCCCCCC/C=C\CCCCCC)OC(=O)CCCCCCC/C=C\CCCCCC. The minimum absolute atomic E-state index is 0.0950. The van der Waals surface area contributed by atoms with Crippen LogP contribution >= 0.6 is 15.6 Å². The monoisotopic (exact) mass is 1270 g/mol. The molecule has 0 heterocycles. The Bertz CT molecular complexity index is 1880. The van der Waals surface area contributed by atoms with E-state index in [4.69, 9.17) is 32.3 Å². The number of hydrogen-bond acceptors (Lipinski definition) is 14. The van der Waals surface area contributed by atoms with Gasteiger partial charge in [0.2, 0.25) is 0 Å². The van der Waals surface area contributed by atoms with E-state index in [1.807, 2.05) is 0 Å². The highest BCUT2D eigenvalue weighted by molar-refractivity contribution is 7.47. The number of esters is 3. The van der Waals surface area contributed by atoms with E-state index in [2.05, 4.69) is 93.7 Å². The van der Waals surface area contributed by atoms with Crippen molar-refractivity contribution >= 4 is 33.6 Å². The molecule has 18 heteroatoms. The van der Waals surface area contributed by atoms with Crippen LogP contribution in [0.15, 0.2) is 72.9 Å². The van der Waals surface area contributed by atoms with Crippen LogP contribution in [0.1, 0.15) is 290 Å². The van der Waals surface area contributed by atoms with Gasteiger partial charge in [-0.1, -0.05) is 229 Å². The van der Waals surface area contributed by atoms with Crippen molar-refractivity contribution in [2.24, 2.45) is 0 Å². The third kappa shape index (κ3) is 64.3. The molecule has 0 rings (SSSR count). The molecule has 0 bridgehead atoms. The number of carbonyl (C=O) groups is 3. The molecule has 16 nitrogen and oxygen atoms in total. The van der Waals surface area contributed by atoms with Crippen LogP contribution in [0.4, 0.5) is 0 Å². The molecule has 4 N–H and O–H groups in total. The Balaban J connectivity index is 4.51. The number of carbonyl (C=O) groups excluding carboxylic acids is 3. The van der Waals surface area contributed by atoms with Crippen molar-refractivity contribution in [2.45, 2.75) is 309 Å². The van der Waals surface area contributed by atoms with Crippen LogP contribution in [0.5, 0.6) is 0 Å². The van der Waals surface area contributed by atoms with Crippen LogP contribution < -0.4 is 0 Å². The molecule has 0 saturated carbocycles. The Morgan fingerprint density at radius 2 is 0.575 bits per heavy atom. The average Bonchev–Trinajstić information content (AvgIpc) is 3.69. The Kier molecular flexibility index (Phi) is 61.0. The predicted octanol–water partition coefficient (Wildman–Crippen LogP) is 18.8. The summed E-state index contributed by atoms with van der Waals surface area (Å²) in [4.78, 5) is 58.2. The molecule has 0 aliphatic carbocycles. The number of ether oxygens (including phenoxy) is 3. The van der Waals surface area contributed by atoms with Crippen molar-refractivity contribution in [3.05, 3.63) is 72.9 Å². The van der Waals surface area contributed by atoms with E-state index in [-0.39, 0.29) is 19.3 Å². The third-order valence-electron chi connectivity index (χ3n) is 14.4. The fourth-order valence-electron chi connectivity index (χ4n) is 9.07. The zero-order valence-electron chi connectivity index (χ0n) is 54.7. The summed E-state index contributed by atoms with van der Waals surface area (Å²) in [5, 5.41) is 20.5. The summed E-state index contributed by atoms with van der Waals surface area (Å²) in [6.45, 7) is 2.59. The van der Waals surface area contributed by atoms with Crippen LogP contribution in [0.25, 0.3) is 0 Å². The molecule has 5 atom stereocenters. The van der Waals surface area contributed by atoms with Gasteiger partial charge in [0.05, 0.1) is 26.4 Å². The highest BCUT2D eigenvalue weighted by atomic mass is 31.2. The molecule has 0 amide bonds. The predicted molar refractivity (Wildman–Crippen MR) is 353 cm³/mol. The van der Waals surface area contributed by atoms with Crippen molar-refractivity contribution < 1.29 is 75.8 Å². The van der Waals surface area contributed by atoms with Gasteiger partial charge in [-0.05, 0) is 116 Å². The quantitative estimate of drug-likeness (QED) is 0.0146. The summed E-state index contributed by atoms with van der Waals surface area (Å²) in [6, 6.07) is 0. The number of aliphatic hydroxyl groups excluding tert-OH is 2. The lowest BCUT2D eigenvalue weighted by Crippen LogP contribution is -2.30. The maximum atomic E-state index is 12.9. The maximum Gasteiger partial charge on any atom is 0.472 e. The number of rotatable bonds is 65. The number of unbranched alkanes of at least 4 members (excludes halogenated alkanes) is 30. The van der Waals surface area contributed by atoms with E-state index >= 15 is 0 Å². The van der Waals surface area contributed by atoms with Crippen molar-refractivity contribution in [3.63, 3.8) is 0 Å². The summed E-state index contributed by atoms with van der Waals surface area (Å²) >= 11 is 0. The molecule has 0 aromatic heterocycles. The topological polar surface area (TPSA) is 231 Å². The third-order valence-corrected chi connectivity index (χ3v) is 16.3. The van der Waals surface area contributed by atoms with E-state index in [9.17, 15) is 43.5 Å². The smallest absolute Gasteiger partial charge is 0.463 e. The first-order valence-electron chi connectivity index (χ1n) is 34.2. The second kappa shape index (κ2) is 63.2. The molecule has 0 spiro atoms. The van der Waals surface area contributed by atoms with Gasteiger partial charge in [0.1, 0.15) is 25.4 Å². The molecule has 506 valence electrons. The molecule has 5 unspecified atom stereocenters. The van der Waals surface area contributed by atoms with Gasteiger partial charge < -0.3 is 34.2 Å². The van der Waals surface area contributed by atoms with E-state index in [1.54, 1.807) is 0 Å². The molecule has 0 fully saturated rings. The summed E-state index contributed by atoms with van der Waals surface area (Å²) < 4.78 is 60.8. The van der Waals surface area contributed by atoms with E-state index in [1.165, 1.54) is 103 Å². The minimum atomic E-state index is -4.92. The van der Waals surface area contributed by atoms with E-state index in [0.29, 0.717) is 19.3 Å². The number of allylic oxidation sites excluding steroid dienone is 12. The van der Waals surface area contributed by atoms with E-state index < -0.39 is 91.5 Å². The first-order valence-corrected chi connectivity index (χ1v) is 37.2. The summed E-state index contributed by atoms with van der Waals surface area (Å²) in [6.07, 6.45) is 65.3. The number of phosphoric ester groups is 2. The van der Waals surface area contributed by atoms with Gasteiger partial charge in [-0.3, -0.25) is 32.5 Å². The zero-order chi connectivity index (χ0) is 63.8. The minimum Gasteiger partial charge on any atom is -0.463 e. The molecule has 0 aliphatic heterocycles. The normalized spacial score (nSPS) is 14.7. The van der Waals surface area contributed by atoms with Gasteiger partial charge in [-0.25, -0.2) is 9.13 Å². The molecular weight excluding hydrogens is 1150 g/mol. The van der Waals surface area contributed by atoms with Crippen LogP contribution in [0.2, 0.25) is 0 Å². The molecule has 0 saturated heterocycles. The standard InChI is InChI=1S/C69H124O16P2/c1-4-7-10-13-16-19-22-25-26-27-28-29-30-31-32-33-34-35-36-39-41-43-46-49-52-55-67(72)79-58-64(70)59-81-86(75,76)82-60-65(71)61-83-87(77,78)84-63-66(85-69(74)57-54-51-48-45-42-38-24-21-18-15-12-9-6-3)62-80-68(73)56-53-50-47-44-40-37-23-20-17-14-11-8-5-2/h16,19-21,23-26,28-29,31-32,64-66,70-71H,4-15,17-18,22,27,30,33-63H2,1-3H3,(H,75,76)(H,77,78)/b19-16-,23-20-,24-21-,26-25-,29-28-,32-31-. The lowest BCUT2D eigenvalue weighted by Gasteiger charge is -2.21. The van der Waals surface area contributed by atoms with Crippen LogP contribution in [-0.2, 0) is 55.8 Å². The Labute approximate surface area is 528 Å². The number of phosphoric acid groups is 2. The fraction of sp³-hybridized carbons (Fsp3) is 0.783. The van der Waals surface area contributed by atoms with Gasteiger partial charge in [0, 0.05) is 19.3 Å². The van der Waals surface area contributed by atoms with Crippen LogP contribution in [0, 0.1) is 0 Å². The van der Waals surface area contributed by atoms with E-state index in [0.717, 1.165) is 128 Å². The molecule has 0 aromatic carbocycles. The first kappa shape index (κ1) is 84.0. The van der Waals surface area contributed by atoms with Crippen molar-refractivity contribution in [2.75, 3.05) is 39.6 Å². The Morgan fingerprint density at radius 3 is 0.943 bits per heavy atom. The number of hydrogen-bond donors (Lipinski definition) is 4. The Morgan fingerprint density at radius 1 is 0.322 bits per heavy atom. The van der Waals surface area contributed by atoms with Gasteiger partial charge in [-0.2, -0.15) is 0 Å². The van der Waals surface area contributed by atoms with Crippen molar-refractivity contribution in [3.8, 4) is 0 Å². The second-order valence-corrected chi connectivity index (χ2v) is 25.9. The Hall–Kier alpha value is -3.01. The molecule has 0 aromatic rings. The fourth-order valence-corrected chi connectivity index (χ4v) is 10.7. The van der Waals surface area contributed by atoms with Gasteiger partial charge in [0.15, 0.2) is 6.10 Å². The summed E-state index contributed by atoms with van der Waals surface area (Å²) in [5.41, 5.74) is 0. The van der Waals surface area contributed by atoms with Crippen LogP contribution in [0.3, 0.4) is 0 Å². The molecule has 87 heavy (non-hydrogen) atoms. The summed E-state index contributed by atoms with van der Waals surface area (Å²) in [7, 11) is -9.77. The molecule has 0 radical (unpaired) electrons. The van der Waals surface area contributed by atoms with Crippen molar-refractivity contribution in [1.29, 1.82) is 0 Å². The zero-order valence-corrected chi connectivity index (χ0v) is 56.5. The lowest BCUT2D eigenvalue weighted by atomic mass is 10.1. The molecule has 0 aliphatic rings. The average molecular weight is 1270 g/mol. The number of aliphatic hydroxyl groups is 2. The highest BCUT2D eigenvalue weighted by Crippen LogP contribution is 2.45. The van der Waals surface area contributed by atoms with Crippen LogP contribution in [-0.4, -0.2) is 95.9 Å². The second-order valence-electron chi connectivity index (χ2n) is 23.0. The highest BCUT2D eigenvalue weighted by Gasteiger charge is 2.29. The van der Waals surface area contributed by atoms with Gasteiger partial charge in [-0.15, -0.1) is 0 Å². The van der Waals surface area contributed by atoms with Crippen molar-refractivity contribution in [1.82, 2.24) is 0 Å².